The Bertz CT molecular complexity index is 2630. The number of aryl methyl sites for hydroxylation is 2. The molecule has 0 aromatic heterocycles. The minimum Gasteiger partial charge on any atom is -0.493 e. The summed E-state index contributed by atoms with van der Waals surface area (Å²) in [5.74, 6) is 0.238. The van der Waals surface area contributed by atoms with Crippen molar-refractivity contribution in [2.24, 2.45) is 0 Å². The van der Waals surface area contributed by atoms with Crippen LogP contribution >= 0.6 is 0 Å². The Labute approximate surface area is 413 Å². The van der Waals surface area contributed by atoms with Crippen molar-refractivity contribution in [3.05, 3.63) is 137 Å². The van der Waals surface area contributed by atoms with Crippen LogP contribution in [0.4, 0.5) is 16.2 Å². The number of hydrogen-bond acceptors (Lipinski definition) is 10. The molecule has 4 aliphatic heterocycles. The molecule has 3 aromatic carbocycles. The summed E-state index contributed by atoms with van der Waals surface area (Å²) in [6, 6.07) is 13.3. The topological polar surface area (TPSA) is 137 Å². The Balaban J connectivity index is 1.15. The number of benzene rings is 3. The van der Waals surface area contributed by atoms with Crippen molar-refractivity contribution in [2.45, 2.75) is 124 Å². The molecule has 0 unspecified atom stereocenters. The lowest BCUT2D eigenvalue weighted by atomic mass is 10.0. The fourth-order valence-electron chi connectivity index (χ4n) is 9.09. The number of fused-ring (bicyclic) bond motifs is 4. The SMILES string of the molecule is C=COCC(=O)N1c2cc(OCCCOc3cc4c(cc3OC)C(=O)N3C=C(/C=C/C)C[C@H]3[C@H](C)N4C(=O)OCc3ccc(C)cc3)c(C)cc2C(=O)N2C=C(/C=C/C)C[C@H]2[C@@H]1O[Si](C)(C)C(C)(C)C. The molecule has 7 rings (SSSR count). The molecular weight excluding hydrogens is 905 g/mol. The van der Waals surface area contributed by atoms with Crippen LogP contribution < -0.4 is 24.0 Å². The Kier molecular flexibility index (Phi) is 15.5. The molecule has 14 nitrogen and oxygen atoms in total. The molecule has 0 bridgehead atoms. The van der Waals surface area contributed by atoms with E-state index in [1.54, 1.807) is 43.9 Å². The van der Waals surface area contributed by atoms with Gasteiger partial charge in [0, 0.05) is 31.0 Å². The van der Waals surface area contributed by atoms with Gasteiger partial charge < -0.3 is 37.9 Å². The molecule has 0 radical (unpaired) electrons. The van der Waals surface area contributed by atoms with Crippen LogP contribution in [-0.4, -0.2) is 93.2 Å². The van der Waals surface area contributed by atoms with Gasteiger partial charge in [-0.05, 0) is 100.0 Å². The van der Waals surface area contributed by atoms with Gasteiger partial charge in [0.25, 0.3) is 17.7 Å². The van der Waals surface area contributed by atoms with Crippen molar-refractivity contribution in [2.75, 3.05) is 36.7 Å². The zero-order chi connectivity index (χ0) is 50.7. The highest BCUT2D eigenvalue weighted by molar-refractivity contribution is 6.74. The van der Waals surface area contributed by atoms with Crippen LogP contribution in [0.5, 0.6) is 17.2 Å². The Hall–Kier alpha value is -6.58. The van der Waals surface area contributed by atoms with Crippen molar-refractivity contribution in [1.82, 2.24) is 9.80 Å². The molecule has 4 aliphatic rings. The zero-order valence-electron chi connectivity index (χ0n) is 42.5. The first kappa shape index (κ1) is 51.3. The van der Waals surface area contributed by atoms with Gasteiger partial charge in [0.15, 0.2) is 26.4 Å². The van der Waals surface area contributed by atoms with Crippen LogP contribution in [0, 0.1) is 13.8 Å². The van der Waals surface area contributed by atoms with E-state index >= 15 is 0 Å². The lowest BCUT2D eigenvalue weighted by Gasteiger charge is -2.44. The largest absolute Gasteiger partial charge is 0.493 e. The van der Waals surface area contributed by atoms with Gasteiger partial charge in [-0.1, -0.05) is 81.5 Å². The van der Waals surface area contributed by atoms with Crippen LogP contribution in [0.25, 0.3) is 0 Å². The summed E-state index contributed by atoms with van der Waals surface area (Å²) in [5, 5.41) is -0.207. The first-order valence-corrected chi connectivity index (χ1v) is 26.9. The van der Waals surface area contributed by atoms with E-state index < -0.39 is 32.7 Å². The Morgan fingerprint density at radius 3 is 1.97 bits per heavy atom. The summed E-state index contributed by atoms with van der Waals surface area (Å²) in [7, 11) is -1.06. The van der Waals surface area contributed by atoms with Gasteiger partial charge in [-0.15, -0.1) is 0 Å². The monoisotopic (exact) mass is 972 g/mol. The summed E-state index contributed by atoms with van der Waals surface area (Å²) >= 11 is 0. The van der Waals surface area contributed by atoms with Crippen LogP contribution in [0.2, 0.25) is 18.1 Å². The summed E-state index contributed by atoms with van der Waals surface area (Å²) in [6.45, 7) is 24.1. The van der Waals surface area contributed by atoms with E-state index in [4.69, 9.17) is 28.1 Å². The van der Waals surface area contributed by atoms with E-state index in [9.17, 15) is 19.2 Å². The summed E-state index contributed by atoms with van der Waals surface area (Å²) in [5.41, 5.74) is 5.92. The molecule has 372 valence electrons. The maximum absolute atomic E-state index is 14.6. The quantitative estimate of drug-likeness (QED) is 0.0775. The second-order valence-corrected chi connectivity index (χ2v) is 24.5. The minimum atomic E-state index is -2.56. The number of rotatable bonds is 16. The average molecular weight is 973 g/mol. The first-order valence-electron chi connectivity index (χ1n) is 24.0. The first-order chi connectivity index (χ1) is 33.3. The van der Waals surface area contributed by atoms with E-state index in [2.05, 4.69) is 40.4 Å². The van der Waals surface area contributed by atoms with E-state index in [0.717, 1.165) is 22.3 Å². The maximum Gasteiger partial charge on any atom is 0.414 e. The molecule has 0 fully saturated rings. The smallest absolute Gasteiger partial charge is 0.414 e. The number of methoxy groups -OCH3 is 1. The molecule has 0 spiro atoms. The Morgan fingerprint density at radius 1 is 0.800 bits per heavy atom. The highest BCUT2D eigenvalue weighted by Crippen LogP contribution is 2.46. The molecule has 0 N–H and O–H groups in total. The summed E-state index contributed by atoms with van der Waals surface area (Å²) in [4.78, 5) is 64.2. The zero-order valence-corrected chi connectivity index (χ0v) is 43.5. The molecule has 0 saturated heterocycles. The number of nitrogens with zero attached hydrogens (tertiary/aromatic N) is 4. The lowest BCUT2D eigenvalue weighted by Crippen LogP contribution is -2.58. The predicted octanol–water partition coefficient (Wildman–Crippen LogP) is 10.9. The van der Waals surface area contributed by atoms with Crippen LogP contribution in [0.3, 0.4) is 0 Å². The molecule has 3 aromatic rings. The van der Waals surface area contributed by atoms with Crippen molar-refractivity contribution >= 4 is 43.5 Å². The molecule has 0 saturated carbocycles. The van der Waals surface area contributed by atoms with Gasteiger partial charge in [-0.3, -0.25) is 24.2 Å². The number of carbonyl (C=O) groups is 4. The van der Waals surface area contributed by atoms with Gasteiger partial charge in [0.1, 0.15) is 18.6 Å². The molecular formula is C55H68N4O10Si. The van der Waals surface area contributed by atoms with Gasteiger partial charge in [-0.25, -0.2) is 4.79 Å². The van der Waals surface area contributed by atoms with Crippen molar-refractivity contribution < 1.29 is 47.3 Å². The second kappa shape index (κ2) is 21.2. The van der Waals surface area contributed by atoms with Crippen LogP contribution in [-0.2, 0) is 25.3 Å². The number of ether oxygens (including phenoxy) is 5. The summed E-state index contributed by atoms with van der Waals surface area (Å²) < 4.78 is 37.2. The normalized spacial score (nSPS) is 20.0. The van der Waals surface area contributed by atoms with Gasteiger partial charge >= 0.3 is 6.09 Å². The maximum atomic E-state index is 14.6. The summed E-state index contributed by atoms with van der Waals surface area (Å²) in [6.07, 6.45) is 12.8. The van der Waals surface area contributed by atoms with E-state index in [0.29, 0.717) is 59.0 Å². The third-order valence-corrected chi connectivity index (χ3v) is 18.3. The highest BCUT2D eigenvalue weighted by Gasteiger charge is 2.50. The number of hydrogen-bond donors (Lipinski definition) is 0. The van der Waals surface area contributed by atoms with Gasteiger partial charge in [-0.2, -0.15) is 0 Å². The molecule has 15 heteroatoms. The predicted molar refractivity (Wildman–Crippen MR) is 274 cm³/mol. The minimum absolute atomic E-state index is 0.0545. The van der Waals surface area contributed by atoms with Gasteiger partial charge in [0.05, 0.1) is 67.2 Å². The van der Waals surface area contributed by atoms with Crippen molar-refractivity contribution in [3.63, 3.8) is 0 Å². The van der Waals surface area contributed by atoms with E-state index in [1.165, 1.54) is 13.4 Å². The molecule has 4 amide bonds. The molecule has 4 heterocycles. The number of carbonyl (C=O) groups excluding carboxylic acids is 4. The molecule has 4 atom stereocenters. The highest BCUT2D eigenvalue weighted by atomic mass is 28.4. The van der Waals surface area contributed by atoms with Crippen LogP contribution in [0.1, 0.15) is 98.2 Å². The number of amides is 4. The third kappa shape index (κ3) is 10.5. The fraction of sp³-hybridized carbons (Fsp3) is 0.418. The molecule has 0 aliphatic carbocycles. The standard InChI is InChI=1S/C55H68N4O10Si/c1-13-17-39-26-43-37(6)58(54(63)68-33-38-21-19-35(4)20-22-38)44-30-49(48(64-10)28-42(44)52(62)56(43)31-39)67-24-16-23-66-47-29-45-41(25-36(47)5)51(61)57-32-40(18-14-2)27-46(57)53(59(45)50(60)34-65-15-3)69-70(11,12)55(7,8)9/h13-15,17-22,25,28-32,37,43,46,53H,3,16,23-24,26-27,33-34H2,1-2,4-12H3/b17-13+,18-14+/t37-,43-,46-,53-/m0/s1. The van der Waals surface area contributed by atoms with E-state index in [1.807, 2.05) is 95.6 Å². The Morgan fingerprint density at radius 2 is 1.37 bits per heavy atom. The van der Waals surface area contributed by atoms with Gasteiger partial charge in [0.2, 0.25) is 0 Å². The molecule has 70 heavy (non-hydrogen) atoms. The number of allylic oxidation sites excluding steroid dienone is 4. The average Bonchev–Trinajstić information content (AvgIpc) is 3.91. The lowest BCUT2D eigenvalue weighted by molar-refractivity contribution is -0.123. The van der Waals surface area contributed by atoms with Crippen LogP contribution in [0.15, 0.2) is 109 Å². The van der Waals surface area contributed by atoms with E-state index in [-0.39, 0.29) is 60.8 Å². The number of anilines is 2. The second-order valence-electron chi connectivity index (χ2n) is 19.7. The third-order valence-electron chi connectivity index (χ3n) is 13.8. The van der Waals surface area contributed by atoms with Crippen molar-refractivity contribution in [3.8, 4) is 17.2 Å². The fourth-order valence-corrected chi connectivity index (χ4v) is 10.3. The van der Waals surface area contributed by atoms with Crippen molar-refractivity contribution in [1.29, 1.82) is 0 Å².